The molecule has 1 aliphatic carbocycles. The standard InChI is InChI=1S/C22H24N4O/c1-16(18-8-10-21(11-9-18)26-15-23-14-24-26)25(2)22(27)13-17-6-7-19-4-3-5-20(19)12-17/h6-12,14-16H,3-5,13H2,1-2H3. The summed E-state index contributed by atoms with van der Waals surface area (Å²) in [5.74, 6) is 0.140. The van der Waals surface area contributed by atoms with Crippen LogP contribution in [0, 0.1) is 0 Å². The second-order valence-electron chi connectivity index (χ2n) is 7.25. The second-order valence-corrected chi connectivity index (χ2v) is 7.25. The third kappa shape index (κ3) is 3.63. The molecule has 1 aliphatic rings. The summed E-state index contributed by atoms with van der Waals surface area (Å²) in [4.78, 5) is 18.6. The number of benzene rings is 2. The number of nitrogens with zero attached hydrogens (tertiary/aromatic N) is 4. The van der Waals surface area contributed by atoms with E-state index in [-0.39, 0.29) is 11.9 Å². The molecule has 0 N–H and O–H groups in total. The highest BCUT2D eigenvalue weighted by Gasteiger charge is 2.19. The third-order valence-electron chi connectivity index (χ3n) is 5.55. The molecule has 5 nitrogen and oxygen atoms in total. The summed E-state index contributed by atoms with van der Waals surface area (Å²) in [6.07, 6.45) is 7.18. The average Bonchev–Trinajstić information content (AvgIpc) is 3.38. The zero-order valence-corrected chi connectivity index (χ0v) is 15.8. The molecule has 0 saturated heterocycles. The number of carbonyl (C=O) groups is 1. The molecule has 5 heteroatoms. The summed E-state index contributed by atoms with van der Waals surface area (Å²) >= 11 is 0. The first kappa shape index (κ1) is 17.5. The summed E-state index contributed by atoms with van der Waals surface area (Å²) in [6, 6.07) is 14.6. The first-order chi connectivity index (χ1) is 13.1. The monoisotopic (exact) mass is 360 g/mol. The average molecular weight is 360 g/mol. The van der Waals surface area contributed by atoms with Crippen LogP contribution in [-0.2, 0) is 24.1 Å². The van der Waals surface area contributed by atoms with E-state index in [4.69, 9.17) is 0 Å². The van der Waals surface area contributed by atoms with Crippen LogP contribution in [0.4, 0.5) is 0 Å². The minimum atomic E-state index is 0.0109. The molecule has 1 unspecified atom stereocenters. The zero-order valence-electron chi connectivity index (χ0n) is 15.8. The van der Waals surface area contributed by atoms with Gasteiger partial charge < -0.3 is 4.90 Å². The normalized spacial score (nSPS) is 14.0. The SMILES string of the molecule is CC(c1ccc(-n2cncn2)cc1)N(C)C(=O)Cc1ccc2c(c1)CCC2. The number of carbonyl (C=O) groups excluding carboxylic acids is 1. The van der Waals surface area contributed by atoms with Gasteiger partial charge in [-0.2, -0.15) is 5.10 Å². The first-order valence-corrected chi connectivity index (χ1v) is 9.43. The molecule has 0 aliphatic heterocycles. The van der Waals surface area contributed by atoms with Crippen molar-refractivity contribution >= 4 is 5.91 Å². The van der Waals surface area contributed by atoms with Gasteiger partial charge in [-0.3, -0.25) is 4.79 Å². The van der Waals surface area contributed by atoms with Crippen molar-refractivity contribution in [3.8, 4) is 5.69 Å². The molecule has 4 rings (SSSR count). The van der Waals surface area contributed by atoms with Gasteiger partial charge >= 0.3 is 0 Å². The zero-order chi connectivity index (χ0) is 18.8. The summed E-state index contributed by atoms with van der Waals surface area (Å²) in [7, 11) is 1.88. The van der Waals surface area contributed by atoms with Gasteiger partial charge in [0.25, 0.3) is 0 Å². The lowest BCUT2D eigenvalue weighted by Crippen LogP contribution is -2.31. The third-order valence-corrected chi connectivity index (χ3v) is 5.55. The number of hydrogen-bond donors (Lipinski definition) is 0. The van der Waals surface area contributed by atoms with Gasteiger partial charge in [-0.15, -0.1) is 0 Å². The highest BCUT2D eigenvalue weighted by Crippen LogP contribution is 2.24. The Morgan fingerprint density at radius 1 is 1.15 bits per heavy atom. The van der Waals surface area contributed by atoms with E-state index in [1.54, 1.807) is 11.0 Å². The fraction of sp³-hybridized carbons (Fsp3) is 0.318. The number of rotatable bonds is 5. The van der Waals surface area contributed by atoms with Gasteiger partial charge in [-0.1, -0.05) is 30.3 Å². The molecule has 0 bridgehead atoms. The van der Waals surface area contributed by atoms with E-state index in [0.29, 0.717) is 6.42 Å². The molecule has 2 aromatic carbocycles. The Morgan fingerprint density at radius 2 is 1.93 bits per heavy atom. The maximum Gasteiger partial charge on any atom is 0.227 e. The molecule has 138 valence electrons. The van der Waals surface area contributed by atoms with Crippen LogP contribution in [0.5, 0.6) is 0 Å². The van der Waals surface area contributed by atoms with E-state index in [1.165, 1.54) is 30.3 Å². The van der Waals surface area contributed by atoms with Crippen LogP contribution in [0.15, 0.2) is 55.1 Å². The minimum absolute atomic E-state index is 0.0109. The number of hydrogen-bond acceptors (Lipinski definition) is 3. The lowest BCUT2D eigenvalue weighted by atomic mass is 10.0. The maximum atomic E-state index is 12.8. The van der Waals surface area contributed by atoms with Crippen molar-refractivity contribution < 1.29 is 4.79 Å². The van der Waals surface area contributed by atoms with E-state index in [2.05, 4.69) is 35.2 Å². The second kappa shape index (κ2) is 7.35. The molecule has 27 heavy (non-hydrogen) atoms. The summed E-state index contributed by atoms with van der Waals surface area (Å²) < 4.78 is 1.72. The van der Waals surface area contributed by atoms with Crippen molar-refractivity contribution in [2.24, 2.45) is 0 Å². The molecule has 1 amide bonds. The Labute approximate surface area is 159 Å². The Hall–Kier alpha value is -2.95. The van der Waals surface area contributed by atoms with E-state index in [9.17, 15) is 4.79 Å². The van der Waals surface area contributed by atoms with Crippen molar-refractivity contribution in [3.05, 3.63) is 77.4 Å². The van der Waals surface area contributed by atoms with Gasteiger partial charge in [0.2, 0.25) is 5.91 Å². The molecule has 0 spiro atoms. The van der Waals surface area contributed by atoms with Crippen LogP contribution in [0.25, 0.3) is 5.69 Å². The van der Waals surface area contributed by atoms with Crippen molar-refractivity contribution in [2.75, 3.05) is 7.05 Å². The molecule has 3 aromatic rings. The van der Waals surface area contributed by atoms with Gasteiger partial charge in [-0.25, -0.2) is 9.67 Å². The van der Waals surface area contributed by atoms with Gasteiger partial charge in [0.15, 0.2) is 0 Å². The van der Waals surface area contributed by atoms with Crippen LogP contribution in [0.3, 0.4) is 0 Å². The number of likely N-dealkylation sites (N-methyl/N-ethyl adjacent to an activating group) is 1. The molecular formula is C22H24N4O. The van der Waals surface area contributed by atoms with E-state index in [1.807, 2.05) is 36.2 Å². The van der Waals surface area contributed by atoms with Crippen molar-refractivity contribution in [3.63, 3.8) is 0 Å². The molecule has 1 aromatic heterocycles. The predicted octanol–water partition coefficient (Wildman–Crippen LogP) is 3.52. The summed E-state index contributed by atoms with van der Waals surface area (Å²) in [6.45, 7) is 2.06. The minimum Gasteiger partial charge on any atom is -0.339 e. The van der Waals surface area contributed by atoms with Crippen LogP contribution in [0.1, 0.15) is 41.6 Å². The lowest BCUT2D eigenvalue weighted by Gasteiger charge is -2.26. The number of amides is 1. The molecule has 1 heterocycles. The molecule has 0 fully saturated rings. The largest absolute Gasteiger partial charge is 0.339 e. The summed E-state index contributed by atoms with van der Waals surface area (Å²) in [5, 5.41) is 4.14. The van der Waals surface area contributed by atoms with Crippen LogP contribution >= 0.6 is 0 Å². The Balaban J connectivity index is 1.43. The number of aromatic nitrogens is 3. The lowest BCUT2D eigenvalue weighted by molar-refractivity contribution is -0.131. The van der Waals surface area contributed by atoms with Gasteiger partial charge in [0.1, 0.15) is 12.7 Å². The van der Waals surface area contributed by atoms with Crippen molar-refractivity contribution in [2.45, 2.75) is 38.6 Å². The fourth-order valence-electron chi connectivity index (χ4n) is 3.72. The van der Waals surface area contributed by atoms with Crippen molar-refractivity contribution in [1.29, 1.82) is 0 Å². The smallest absolute Gasteiger partial charge is 0.227 e. The van der Waals surface area contributed by atoms with Crippen LogP contribution in [0.2, 0.25) is 0 Å². The van der Waals surface area contributed by atoms with Gasteiger partial charge in [0, 0.05) is 7.05 Å². The first-order valence-electron chi connectivity index (χ1n) is 9.43. The van der Waals surface area contributed by atoms with Gasteiger partial charge in [0.05, 0.1) is 18.2 Å². The Bertz CT molecular complexity index is 931. The molecule has 0 saturated carbocycles. The molecular weight excluding hydrogens is 336 g/mol. The van der Waals surface area contributed by atoms with E-state index < -0.39 is 0 Å². The van der Waals surface area contributed by atoms with Crippen molar-refractivity contribution in [1.82, 2.24) is 19.7 Å². The topological polar surface area (TPSA) is 51.0 Å². The Kier molecular flexibility index (Phi) is 4.75. The van der Waals surface area contributed by atoms with E-state index >= 15 is 0 Å². The Morgan fingerprint density at radius 3 is 2.67 bits per heavy atom. The van der Waals surface area contributed by atoms with Crippen LogP contribution < -0.4 is 0 Å². The number of aryl methyl sites for hydroxylation is 2. The highest BCUT2D eigenvalue weighted by atomic mass is 16.2. The van der Waals surface area contributed by atoms with Crippen LogP contribution in [-0.4, -0.2) is 32.6 Å². The number of fused-ring (bicyclic) bond motifs is 1. The maximum absolute atomic E-state index is 12.8. The molecule has 1 atom stereocenters. The van der Waals surface area contributed by atoms with E-state index in [0.717, 1.165) is 23.2 Å². The fourth-order valence-corrected chi connectivity index (χ4v) is 3.72. The summed E-state index contributed by atoms with van der Waals surface area (Å²) in [5.41, 5.74) is 6.03. The quantitative estimate of drug-likeness (QED) is 0.699. The predicted molar refractivity (Wildman–Crippen MR) is 105 cm³/mol. The van der Waals surface area contributed by atoms with Gasteiger partial charge in [-0.05, 0) is 60.6 Å². The molecule has 0 radical (unpaired) electrons. The highest BCUT2D eigenvalue weighted by molar-refractivity contribution is 5.79.